The predicted octanol–water partition coefficient (Wildman–Crippen LogP) is 2.78. The lowest BCUT2D eigenvalue weighted by Gasteiger charge is -2.10. The molecule has 0 bridgehead atoms. The third-order valence-electron chi connectivity index (χ3n) is 2.56. The molecule has 94 valence electrons. The Morgan fingerprint density at radius 3 is 3.00 bits per heavy atom. The van der Waals surface area contributed by atoms with Crippen molar-refractivity contribution in [1.29, 1.82) is 0 Å². The molecule has 1 rings (SSSR count). The SMILES string of the molecule is C=CCCCc1cnc(N)nc1NCCCC. The summed E-state index contributed by atoms with van der Waals surface area (Å²) >= 11 is 0. The van der Waals surface area contributed by atoms with E-state index in [0.29, 0.717) is 5.95 Å². The van der Waals surface area contributed by atoms with Gasteiger partial charge in [-0.05, 0) is 25.7 Å². The summed E-state index contributed by atoms with van der Waals surface area (Å²) in [7, 11) is 0. The summed E-state index contributed by atoms with van der Waals surface area (Å²) in [6.45, 7) is 6.82. The smallest absolute Gasteiger partial charge is 0.221 e. The topological polar surface area (TPSA) is 63.8 Å². The zero-order chi connectivity index (χ0) is 12.5. The predicted molar refractivity (Wildman–Crippen MR) is 73.0 cm³/mol. The molecule has 0 aliphatic carbocycles. The fourth-order valence-electron chi connectivity index (χ4n) is 1.58. The number of nitrogen functional groups attached to an aromatic ring is 1. The largest absolute Gasteiger partial charge is 0.370 e. The molecule has 1 aromatic rings. The van der Waals surface area contributed by atoms with Gasteiger partial charge in [-0.1, -0.05) is 19.4 Å². The van der Waals surface area contributed by atoms with Crippen LogP contribution in [0, 0.1) is 0 Å². The van der Waals surface area contributed by atoms with Crippen molar-refractivity contribution in [1.82, 2.24) is 9.97 Å². The number of nitrogens with zero attached hydrogens (tertiary/aromatic N) is 2. The summed E-state index contributed by atoms with van der Waals surface area (Å²) in [6, 6.07) is 0. The quantitative estimate of drug-likeness (QED) is 0.536. The van der Waals surface area contributed by atoms with Gasteiger partial charge in [-0.15, -0.1) is 6.58 Å². The first-order chi connectivity index (χ1) is 8.27. The summed E-state index contributed by atoms with van der Waals surface area (Å²) in [4.78, 5) is 8.30. The molecule has 1 aromatic heterocycles. The molecule has 0 fully saturated rings. The van der Waals surface area contributed by atoms with E-state index in [-0.39, 0.29) is 0 Å². The van der Waals surface area contributed by atoms with Crippen LogP contribution < -0.4 is 11.1 Å². The van der Waals surface area contributed by atoms with Gasteiger partial charge in [-0.25, -0.2) is 4.98 Å². The van der Waals surface area contributed by atoms with Crippen molar-refractivity contribution in [2.24, 2.45) is 0 Å². The maximum atomic E-state index is 5.61. The minimum absolute atomic E-state index is 0.330. The number of nitrogens with one attached hydrogen (secondary N) is 1. The van der Waals surface area contributed by atoms with Gasteiger partial charge in [0.1, 0.15) is 5.82 Å². The molecule has 0 radical (unpaired) electrons. The number of rotatable bonds is 8. The summed E-state index contributed by atoms with van der Waals surface area (Å²) < 4.78 is 0. The lowest BCUT2D eigenvalue weighted by molar-refractivity contribution is 0.813. The van der Waals surface area contributed by atoms with Gasteiger partial charge in [-0.2, -0.15) is 4.98 Å². The van der Waals surface area contributed by atoms with Crippen molar-refractivity contribution >= 4 is 11.8 Å². The van der Waals surface area contributed by atoms with E-state index < -0.39 is 0 Å². The van der Waals surface area contributed by atoms with Crippen molar-refractivity contribution in [3.8, 4) is 0 Å². The molecule has 3 N–H and O–H groups in total. The van der Waals surface area contributed by atoms with Crippen molar-refractivity contribution in [3.63, 3.8) is 0 Å². The van der Waals surface area contributed by atoms with E-state index in [1.165, 1.54) is 6.42 Å². The molecule has 0 spiro atoms. The van der Waals surface area contributed by atoms with Gasteiger partial charge in [0.2, 0.25) is 5.95 Å². The summed E-state index contributed by atoms with van der Waals surface area (Å²) in [5.74, 6) is 1.21. The number of allylic oxidation sites excluding steroid dienone is 1. The lowest BCUT2D eigenvalue weighted by Crippen LogP contribution is -2.08. The number of nitrogens with two attached hydrogens (primary N) is 1. The van der Waals surface area contributed by atoms with Crippen LogP contribution in [0.2, 0.25) is 0 Å². The molecule has 4 nitrogen and oxygen atoms in total. The van der Waals surface area contributed by atoms with Crippen LogP contribution in [0.3, 0.4) is 0 Å². The number of aryl methyl sites for hydroxylation is 1. The van der Waals surface area contributed by atoms with Crippen LogP contribution in [0.25, 0.3) is 0 Å². The molecular weight excluding hydrogens is 212 g/mol. The second-order valence-corrected chi connectivity index (χ2v) is 4.06. The van der Waals surface area contributed by atoms with Crippen LogP contribution >= 0.6 is 0 Å². The highest BCUT2D eigenvalue weighted by atomic mass is 15.1. The Morgan fingerprint density at radius 1 is 1.47 bits per heavy atom. The molecule has 0 saturated carbocycles. The zero-order valence-corrected chi connectivity index (χ0v) is 10.6. The van der Waals surface area contributed by atoms with Gasteiger partial charge in [-0.3, -0.25) is 0 Å². The van der Waals surface area contributed by atoms with E-state index in [2.05, 4.69) is 28.8 Å². The Morgan fingerprint density at radius 2 is 2.29 bits per heavy atom. The van der Waals surface area contributed by atoms with Gasteiger partial charge in [0.15, 0.2) is 0 Å². The minimum atomic E-state index is 0.330. The molecular formula is C13H22N4. The number of anilines is 2. The van der Waals surface area contributed by atoms with Gasteiger partial charge < -0.3 is 11.1 Å². The van der Waals surface area contributed by atoms with Crippen LogP contribution in [-0.4, -0.2) is 16.5 Å². The van der Waals surface area contributed by atoms with Crippen LogP contribution in [0.15, 0.2) is 18.9 Å². The lowest BCUT2D eigenvalue weighted by atomic mass is 10.1. The fraction of sp³-hybridized carbons (Fsp3) is 0.538. The first-order valence-corrected chi connectivity index (χ1v) is 6.24. The molecule has 0 unspecified atom stereocenters. The number of unbranched alkanes of at least 4 members (excludes halogenated alkanes) is 2. The first-order valence-electron chi connectivity index (χ1n) is 6.24. The molecule has 17 heavy (non-hydrogen) atoms. The summed E-state index contributed by atoms with van der Waals surface area (Å²) in [6.07, 6.45) is 9.09. The van der Waals surface area contributed by atoms with Gasteiger partial charge >= 0.3 is 0 Å². The van der Waals surface area contributed by atoms with E-state index in [1.807, 2.05) is 12.3 Å². The fourth-order valence-corrected chi connectivity index (χ4v) is 1.58. The minimum Gasteiger partial charge on any atom is -0.370 e. The van der Waals surface area contributed by atoms with Crippen LogP contribution in [0.4, 0.5) is 11.8 Å². The number of hydrogen-bond acceptors (Lipinski definition) is 4. The highest BCUT2D eigenvalue weighted by molar-refractivity contribution is 5.46. The molecule has 4 heteroatoms. The van der Waals surface area contributed by atoms with Crippen LogP contribution in [0.5, 0.6) is 0 Å². The monoisotopic (exact) mass is 234 g/mol. The van der Waals surface area contributed by atoms with E-state index in [4.69, 9.17) is 5.73 Å². The van der Waals surface area contributed by atoms with Crippen LogP contribution in [-0.2, 0) is 6.42 Å². The van der Waals surface area contributed by atoms with E-state index >= 15 is 0 Å². The molecule has 0 atom stereocenters. The van der Waals surface area contributed by atoms with E-state index in [1.54, 1.807) is 0 Å². The van der Waals surface area contributed by atoms with E-state index in [9.17, 15) is 0 Å². The summed E-state index contributed by atoms with van der Waals surface area (Å²) in [5.41, 5.74) is 6.74. The molecule has 0 amide bonds. The zero-order valence-electron chi connectivity index (χ0n) is 10.6. The van der Waals surface area contributed by atoms with Crippen molar-refractivity contribution < 1.29 is 0 Å². The van der Waals surface area contributed by atoms with Crippen molar-refractivity contribution in [2.75, 3.05) is 17.6 Å². The molecule has 0 aliphatic heterocycles. The van der Waals surface area contributed by atoms with Crippen molar-refractivity contribution in [3.05, 3.63) is 24.4 Å². The maximum absolute atomic E-state index is 5.61. The van der Waals surface area contributed by atoms with Crippen molar-refractivity contribution in [2.45, 2.75) is 39.0 Å². The molecule has 0 aromatic carbocycles. The normalized spacial score (nSPS) is 10.2. The van der Waals surface area contributed by atoms with Gasteiger partial charge in [0.05, 0.1) is 0 Å². The first kappa shape index (κ1) is 13.5. The number of hydrogen-bond donors (Lipinski definition) is 2. The average Bonchev–Trinajstić information content (AvgIpc) is 2.32. The Kier molecular flexibility index (Phi) is 6.07. The van der Waals surface area contributed by atoms with Crippen LogP contribution in [0.1, 0.15) is 38.2 Å². The molecule has 0 aliphatic rings. The van der Waals surface area contributed by atoms with Gasteiger partial charge in [0, 0.05) is 18.3 Å². The standard InChI is InChI=1S/C13H22N4/c1-3-5-7-8-11-10-16-13(14)17-12(11)15-9-6-4-2/h3,10H,1,4-9H2,2H3,(H3,14,15,16,17). The number of aromatic nitrogens is 2. The highest BCUT2D eigenvalue weighted by Crippen LogP contribution is 2.15. The van der Waals surface area contributed by atoms with E-state index in [0.717, 1.165) is 43.6 Å². The Labute approximate surface area is 103 Å². The Hall–Kier alpha value is -1.58. The average molecular weight is 234 g/mol. The third kappa shape index (κ3) is 4.85. The van der Waals surface area contributed by atoms with Gasteiger partial charge in [0.25, 0.3) is 0 Å². The molecule has 0 saturated heterocycles. The second-order valence-electron chi connectivity index (χ2n) is 4.06. The second kappa shape index (κ2) is 7.65. The Balaban J connectivity index is 2.62. The third-order valence-corrected chi connectivity index (χ3v) is 2.56. The molecule has 1 heterocycles. The maximum Gasteiger partial charge on any atom is 0.221 e. The highest BCUT2D eigenvalue weighted by Gasteiger charge is 2.04. The Bertz CT molecular complexity index is 349. The summed E-state index contributed by atoms with van der Waals surface area (Å²) in [5, 5.41) is 3.32.